The highest BCUT2D eigenvalue weighted by Crippen LogP contribution is 2.41. The van der Waals surface area contributed by atoms with E-state index in [0.717, 1.165) is 4.90 Å². The number of amides is 1. The first-order valence-corrected chi connectivity index (χ1v) is 12.4. The molecule has 0 bridgehead atoms. The van der Waals surface area contributed by atoms with E-state index < -0.39 is 46.2 Å². The molecular formula is C30H24F7N3O2. The minimum atomic E-state index is -5.09. The molecule has 2 aromatic carbocycles. The Morgan fingerprint density at radius 2 is 1.48 bits per heavy atom. The third-order valence-corrected chi connectivity index (χ3v) is 6.94. The highest BCUT2D eigenvalue weighted by molar-refractivity contribution is 6.03. The average Bonchev–Trinajstić information content (AvgIpc) is 2.90. The smallest absolute Gasteiger partial charge is 0.416 e. The standard InChI is InChI=1S/C30H24F7N3O2/c1-17-10-22(31)7-8-23(17)24-14-25(18-6-5-9-40(42)16-18)38-15-26(24)39(4)27(41)28(2,3)19-11-20(29(32,33)34)13-21(12-19)30(35,36)37/h5-16H,1-4H3. The molecule has 5 nitrogen and oxygen atoms in total. The van der Waals surface area contributed by atoms with E-state index in [1.54, 1.807) is 19.1 Å². The van der Waals surface area contributed by atoms with Crippen LogP contribution in [0.15, 0.2) is 73.2 Å². The molecule has 0 unspecified atom stereocenters. The SMILES string of the molecule is Cc1cc(F)ccc1-c1cc(-c2ccc[n+]([O-])c2)ncc1N(C)C(=O)C(C)(C)c1cc(C(F)(F)F)cc(C(F)(F)F)c1. The van der Waals surface area contributed by atoms with Gasteiger partial charge in [-0.25, -0.2) is 4.39 Å². The lowest BCUT2D eigenvalue weighted by atomic mass is 9.81. The molecule has 0 atom stereocenters. The summed E-state index contributed by atoms with van der Waals surface area (Å²) in [7, 11) is 1.32. The topological polar surface area (TPSA) is 60.1 Å². The Hall–Kier alpha value is -4.48. The number of anilines is 1. The third-order valence-electron chi connectivity index (χ3n) is 6.94. The van der Waals surface area contributed by atoms with Crippen LogP contribution >= 0.6 is 0 Å². The van der Waals surface area contributed by atoms with Crippen LogP contribution in [0.25, 0.3) is 22.4 Å². The van der Waals surface area contributed by atoms with Gasteiger partial charge in [0.05, 0.1) is 39.7 Å². The maximum Gasteiger partial charge on any atom is 0.416 e. The summed E-state index contributed by atoms with van der Waals surface area (Å²) in [4.78, 5) is 19.3. The molecule has 0 saturated heterocycles. The van der Waals surface area contributed by atoms with Gasteiger partial charge in [0.25, 0.3) is 0 Å². The molecule has 0 aliphatic carbocycles. The molecule has 4 rings (SSSR count). The minimum Gasteiger partial charge on any atom is -0.619 e. The summed E-state index contributed by atoms with van der Waals surface area (Å²) < 4.78 is 95.7. The summed E-state index contributed by atoms with van der Waals surface area (Å²) in [5.41, 5.74) is -3.19. The number of pyridine rings is 2. The predicted octanol–water partition coefficient (Wildman–Crippen LogP) is 7.47. The molecule has 2 aromatic heterocycles. The Bertz CT molecular complexity index is 1630. The summed E-state index contributed by atoms with van der Waals surface area (Å²) in [6.45, 7) is 4.08. The lowest BCUT2D eigenvalue weighted by molar-refractivity contribution is -0.604. The second-order valence-electron chi connectivity index (χ2n) is 10.3. The van der Waals surface area contributed by atoms with Gasteiger partial charge in [-0.2, -0.15) is 31.1 Å². The van der Waals surface area contributed by atoms with Crippen LogP contribution in [-0.2, 0) is 22.6 Å². The Labute approximate surface area is 236 Å². The molecule has 42 heavy (non-hydrogen) atoms. The Morgan fingerprint density at radius 1 is 0.881 bits per heavy atom. The van der Waals surface area contributed by atoms with Crippen LogP contribution in [0, 0.1) is 17.9 Å². The van der Waals surface area contributed by atoms with Crippen molar-refractivity contribution in [2.75, 3.05) is 11.9 Å². The van der Waals surface area contributed by atoms with E-state index in [1.807, 2.05) is 0 Å². The molecule has 0 aliphatic rings. The normalized spacial score (nSPS) is 12.4. The van der Waals surface area contributed by atoms with Gasteiger partial charge in [-0.15, -0.1) is 0 Å². The second-order valence-corrected chi connectivity index (χ2v) is 10.3. The zero-order valence-corrected chi connectivity index (χ0v) is 22.7. The van der Waals surface area contributed by atoms with Gasteiger partial charge in [-0.1, -0.05) is 6.07 Å². The van der Waals surface area contributed by atoms with E-state index in [-0.39, 0.29) is 11.8 Å². The van der Waals surface area contributed by atoms with E-state index in [9.17, 15) is 40.7 Å². The zero-order chi connectivity index (χ0) is 31.2. The zero-order valence-electron chi connectivity index (χ0n) is 22.7. The van der Waals surface area contributed by atoms with Gasteiger partial charge in [0, 0.05) is 18.7 Å². The fraction of sp³-hybridized carbons (Fsp3) is 0.233. The van der Waals surface area contributed by atoms with E-state index in [0.29, 0.717) is 44.8 Å². The largest absolute Gasteiger partial charge is 0.619 e. The van der Waals surface area contributed by atoms with E-state index in [1.165, 1.54) is 63.8 Å². The van der Waals surface area contributed by atoms with E-state index in [2.05, 4.69) is 4.98 Å². The second kappa shape index (κ2) is 10.7. The molecule has 0 saturated carbocycles. The van der Waals surface area contributed by atoms with Crippen LogP contribution in [0.2, 0.25) is 0 Å². The van der Waals surface area contributed by atoms with Crippen molar-refractivity contribution in [1.82, 2.24) is 4.98 Å². The molecule has 1 amide bonds. The highest BCUT2D eigenvalue weighted by Gasteiger charge is 2.41. The fourth-order valence-electron chi connectivity index (χ4n) is 4.59. The van der Waals surface area contributed by atoms with Crippen LogP contribution < -0.4 is 9.63 Å². The molecule has 12 heteroatoms. The molecule has 0 fully saturated rings. The summed E-state index contributed by atoms with van der Waals surface area (Å²) in [5, 5.41) is 11.8. The number of likely N-dealkylation sites (N-methyl/N-ethyl adjacent to an activating group) is 1. The summed E-state index contributed by atoms with van der Waals surface area (Å²) in [5.74, 6) is -1.35. The fourth-order valence-corrected chi connectivity index (χ4v) is 4.59. The molecule has 0 aliphatic heterocycles. The van der Waals surface area contributed by atoms with Crippen LogP contribution in [0.5, 0.6) is 0 Å². The van der Waals surface area contributed by atoms with Crippen molar-refractivity contribution in [2.24, 2.45) is 0 Å². The number of rotatable bonds is 5. The summed E-state index contributed by atoms with van der Waals surface area (Å²) in [6.07, 6.45) is -6.33. The monoisotopic (exact) mass is 591 g/mol. The van der Waals surface area contributed by atoms with Crippen molar-refractivity contribution in [3.63, 3.8) is 0 Å². The third kappa shape index (κ3) is 6.07. The van der Waals surface area contributed by atoms with Gasteiger partial charge in [0.2, 0.25) is 5.91 Å². The van der Waals surface area contributed by atoms with Crippen molar-refractivity contribution in [3.05, 3.63) is 106 Å². The number of aromatic nitrogens is 2. The molecular weight excluding hydrogens is 567 g/mol. The minimum absolute atomic E-state index is 0.00100. The maximum atomic E-state index is 13.9. The van der Waals surface area contributed by atoms with Crippen LogP contribution in [-0.4, -0.2) is 17.9 Å². The number of aryl methyl sites for hydroxylation is 1. The molecule has 2 heterocycles. The maximum absolute atomic E-state index is 13.9. The number of alkyl halides is 6. The van der Waals surface area contributed by atoms with Crippen LogP contribution in [0.3, 0.4) is 0 Å². The van der Waals surface area contributed by atoms with E-state index >= 15 is 0 Å². The number of carbonyl (C=O) groups is 1. The predicted molar refractivity (Wildman–Crippen MR) is 142 cm³/mol. The Morgan fingerprint density at radius 3 is 2.02 bits per heavy atom. The molecule has 4 aromatic rings. The van der Waals surface area contributed by atoms with Crippen molar-refractivity contribution in [3.8, 4) is 22.4 Å². The van der Waals surface area contributed by atoms with Gasteiger partial charge in [0.15, 0.2) is 12.4 Å². The quantitative estimate of drug-likeness (QED) is 0.137. The summed E-state index contributed by atoms with van der Waals surface area (Å²) >= 11 is 0. The molecule has 0 N–H and O–H groups in total. The Balaban J connectivity index is 1.86. The Kier molecular flexibility index (Phi) is 7.79. The number of carbonyl (C=O) groups excluding carboxylic acids is 1. The van der Waals surface area contributed by atoms with Gasteiger partial charge in [-0.05, 0) is 79.9 Å². The van der Waals surface area contributed by atoms with Crippen molar-refractivity contribution in [1.29, 1.82) is 0 Å². The first-order chi connectivity index (χ1) is 19.4. The summed E-state index contributed by atoms with van der Waals surface area (Å²) in [6, 6.07) is 9.69. The highest BCUT2D eigenvalue weighted by atomic mass is 19.4. The molecule has 220 valence electrons. The number of halogens is 7. The molecule has 0 spiro atoms. The molecule has 0 radical (unpaired) electrons. The van der Waals surface area contributed by atoms with Gasteiger partial charge in [0.1, 0.15) is 5.82 Å². The van der Waals surface area contributed by atoms with Crippen molar-refractivity contribution in [2.45, 2.75) is 38.5 Å². The van der Waals surface area contributed by atoms with Gasteiger partial charge >= 0.3 is 12.4 Å². The van der Waals surface area contributed by atoms with E-state index in [4.69, 9.17) is 0 Å². The van der Waals surface area contributed by atoms with Crippen molar-refractivity contribution >= 4 is 11.6 Å². The number of benzene rings is 2. The lowest BCUT2D eigenvalue weighted by Crippen LogP contribution is -2.42. The lowest BCUT2D eigenvalue weighted by Gasteiger charge is -2.32. The number of nitrogens with zero attached hydrogens (tertiary/aromatic N) is 3. The first-order valence-electron chi connectivity index (χ1n) is 12.4. The van der Waals surface area contributed by atoms with Crippen LogP contribution in [0.4, 0.5) is 36.4 Å². The number of hydrogen-bond acceptors (Lipinski definition) is 3. The van der Waals surface area contributed by atoms with Crippen molar-refractivity contribution < 1.29 is 40.3 Å². The van der Waals surface area contributed by atoms with Gasteiger partial charge < -0.3 is 10.1 Å². The van der Waals surface area contributed by atoms with Gasteiger partial charge in [-0.3, -0.25) is 9.78 Å². The number of hydrogen-bond donors (Lipinski definition) is 0. The average molecular weight is 592 g/mol. The first kappa shape index (κ1) is 30.5. The van der Waals surface area contributed by atoms with Crippen LogP contribution in [0.1, 0.15) is 36.1 Å².